The summed E-state index contributed by atoms with van der Waals surface area (Å²) in [6, 6.07) is 12.9. The topological polar surface area (TPSA) is 90.6 Å². The lowest BCUT2D eigenvalue weighted by molar-refractivity contribution is -0.133. The Morgan fingerprint density at radius 3 is 2.74 bits per heavy atom. The molecule has 2 N–H and O–H groups in total. The smallest absolute Gasteiger partial charge is 0.408 e. The molecule has 5 rings (SSSR count). The molecule has 0 saturated carbocycles. The highest BCUT2D eigenvalue weighted by molar-refractivity contribution is 5.89. The zero-order valence-electron chi connectivity index (χ0n) is 19.3. The number of alkyl carbamates (subject to hydrolysis) is 1. The van der Waals surface area contributed by atoms with Gasteiger partial charge in [0.25, 0.3) is 0 Å². The number of nitrogens with zero attached hydrogens (tertiary/aromatic N) is 3. The zero-order valence-corrected chi connectivity index (χ0v) is 19.3. The predicted molar refractivity (Wildman–Crippen MR) is 129 cm³/mol. The van der Waals surface area contributed by atoms with Crippen molar-refractivity contribution in [1.82, 2.24) is 25.3 Å². The summed E-state index contributed by atoms with van der Waals surface area (Å²) in [4.78, 5) is 30.5. The molecule has 1 fully saturated rings. The summed E-state index contributed by atoms with van der Waals surface area (Å²) < 4.78 is 5.41. The van der Waals surface area contributed by atoms with Crippen LogP contribution >= 0.6 is 0 Å². The maximum atomic E-state index is 13.6. The lowest BCUT2D eigenvalue weighted by Gasteiger charge is -2.30. The van der Waals surface area contributed by atoms with Crippen molar-refractivity contribution < 1.29 is 14.3 Å². The van der Waals surface area contributed by atoms with Gasteiger partial charge in [0.1, 0.15) is 12.6 Å². The van der Waals surface area contributed by atoms with Crippen LogP contribution in [0.25, 0.3) is 10.9 Å². The van der Waals surface area contributed by atoms with E-state index in [1.807, 2.05) is 53.6 Å². The molecule has 1 unspecified atom stereocenters. The molecular weight excluding hydrogens is 430 g/mol. The molecule has 0 aliphatic carbocycles. The Bertz CT molecular complexity index is 1140. The number of H-pyrrole nitrogens is 1. The summed E-state index contributed by atoms with van der Waals surface area (Å²) in [6.07, 6.45) is 5.38. The molecule has 2 aliphatic rings. The molecule has 3 aromatic rings. The number of amides is 2. The summed E-state index contributed by atoms with van der Waals surface area (Å²) in [5, 5.41) is 11.1. The second-order valence-electron chi connectivity index (χ2n) is 9.16. The number of likely N-dealkylation sites (tertiary alicyclic amines) is 1. The molecule has 0 spiro atoms. The van der Waals surface area contributed by atoms with Crippen LogP contribution in [-0.4, -0.2) is 64.2 Å². The zero-order chi connectivity index (χ0) is 23.3. The number of nitrogens with one attached hydrogen (secondary N) is 2. The number of piperidine rings is 1. The van der Waals surface area contributed by atoms with Crippen LogP contribution in [0.2, 0.25) is 0 Å². The normalized spacial score (nSPS) is 19.0. The van der Waals surface area contributed by atoms with E-state index in [1.54, 1.807) is 0 Å². The molecule has 8 nitrogen and oxygen atoms in total. The van der Waals surface area contributed by atoms with Crippen molar-refractivity contribution in [2.45, 2.75) is 44.9 Å². The molecule has 34 heavy (non-hydrogen) atoms. The molecule has 178 valence electrons. The number of aromatic nitrogens is 2. The second kappa shape index (κ2) is 10.3. The molecule has 8 heteroatoms. The quantitative estimate of drug-likeness (QED) is 0.588. The van der Waals surface area contributed by atoms with Crippen molar-refractivity contribution in [1.29, 1.82) is 0 Å². The summed E-state index contributed by atoms with van der Waals surface area (Å²) >= 11 is 0. The molecule has 1 atom stereocenters. The predicted octanol–water partition coefficient (Wildman–Crippen LogP) is 3.23. The fraction of sp³-hybridized carbons (Fsp3) is 0.423. The Kier molecular flexibility index (Phi) is 6.76. The van der Waals surface area contributed by atoms with Gasteiger partial charge in [-0.3, -0.25) is 9.89 Å². The minimum absolute atomic E-state index is 0.0680. The molecule has 2 aliphatic heterocycles. The lowest BCUT2D eigenvalue weighted by Crippen LogP contribution is -2.50. The van der Waals surface area contributed by atoms with Crippen LogP contribution in [0.1, 0.15) is 36.0 Å². The van der Waals surface area contributed by atoms with Gasteiger partial charge in [-0.2, -0.15) is 5.10 Å². The number of carbonyl (C=O) groups is 2. The van der Waals surface area contributed by atoms with Gasteiger partial charge >= 0.3 is 6.09 Å². The number of aromatic amines is 1. The summed E-state index contributed by atoms with van der Waals surface area (Å²) in [6.45, 7) is 4.31. The van der Waals surface area contributed by atoms with E-state index in [-0.39, 0.29) is 12.5 Å². The highest BCUT2D eigenvalue weighted by Crippen LogP contribution is 2.27. The monoisotopic (exact) mass is 461 g/mol. The van der Waals surface area contributed by atoms with Crippen molar-refractivity contribution in [3.8, 4) is 0 Å². The third kappa shape index (κ3) is 5.07. The average Bonchev–Trinajstić information content (AvgIpc) is 3.31. The molecule has 0 radical (unpaired) electrons. The first kappa shape index (κ1) is 22.4. The first-order chi connectivity index (χ1) is 16.7. The van der Waals surface area contributed by atoms with Crippen LogP contribution < -0.4 is 5.32 Å². The maximum Gasteiger partial charge on any atom is 0.408 e. The summed E-state index contributed by atoms with van der Waals surface area (Å²) in [5.74, 6) is -0.0680. The molecule has 2 aromatic carbocycles. The van der Waals surface area contributed by atoms with Crippen LogP contribution in [0, 0.1) is 0 Å². The van der Waals surface area contributed by atoms with Gasteiger partial charge in [0.2, 0.25) is 5.91 Å². The van der Waals surface area contributed by atoms with Crippen molar-refractivity contribution in [2.75, 3.05) is 26.2 Å². The van der Waals surface area contributed by atoms with E-state index in [0.717, 1.165) is 47.2 Å². The van der Waals surface area contributed by atoms with Crippen molar-refractivity contribution in [3.63, 3.8) is 0 Å². The molecule has 3 heterocycles. The Morgan fingerprint density at radius 2 is 1.91 bits per heavy atom. The van der Waals surface area contributed by atoms with Crippen LogP contribution in [0.5, 0.6) is 0 Å². The molecule has 0 bridgehead atoms. The van der Waals surface area contributed by atoms with Crippen LogP contribution in [-0.2, 0) is 29.1 Å². The van der Waals surface area contributed by atoms with Crippen molar-refractivity contribution in [3.05, 3.63) is 65.4 Å². The first-order valence-electron chi connectivity index (χ1n) is 12.1. The van der Waals surface area contributed by atoms with Crippen LogP contribution in [0.3, 0.4) is 0 Å². The van der Waals surface area contributed by atoms with Crippen molar-refractivity contribution >= 4 is 22.9 Å². The largest absolute Gasteiger partial charge is 0.445 e. The van der Waals surface area contributed by atoms with E-state index >= 15 is 0 Å². The lowest BCUT2D eigenvalue weighted by atomic mass is 9.99. The van der Waals surface area contributed by atoms with Gasteiger partial charge in [0.05, 0.1) is 11.7 Å². The Labute approximate surface area is 199 Å². The fourth-order valence-corrected chi connectivity index (χ4v) is 4.95. The first-order valence-corrected chi connectivity index (χ1v) is 12.1. The minimum atomic E-state index is -0.671. The van der Waals surface area contributed by atoms with E-state index in [2.05, 4.69) is 20.4 Å². The van der Waals surface area contributed by atoms with E-state index in [4.69, 9.17) is 4.74 Å². The number of carbonyl (C=O) groups excluding carboxylic acids is 2. The van der Waals surface area contributed by atoms with Gasteiger partial charge in [-0.05, 0) is 48.7 Å². The molecule has 1 aromatic heterocycles. The maximum absolute atomic E-state index is 13.6. The Balaban J connectivity index is 1.33. The van der Waals surface area contributed by atoms with Gasteiger partial charge in [-0.25, -0.2) is 4.79 Å². The van der Waals surface area contributed by atoms with Gasteiger partial charge in [0, 0.05) is 31.4 Å². The Hall–Kier alpha value is -3.39. The van der Waals surface area contributed by atoms with Gasteiger partial charge < -0.3 is 19.9 Å². The van der Waals surface area contributed by atoms with E-state index in [1.165, 1.54) is 19.3 Å². The molecule has 2 amide bonds. The summed E-state index contributed by atoms with van der Waals surface area (Å²) in [7, 11) is 0. The minimum Gasteiger partial charge on any atom is -0.445 e. The number of hydrogen-bond donors (Lipinski definition) is 2. The van der Waals surface area contributed by atoms with E-state index in [0.29, 0.717) is 19.5 Å². The standard InChI is InChI=1S/C26H31N5O3/c32-25-24(28-26(33)34-18-19-7-3-1-4-8-19)15-20-9-10-23-21(16-27-29-23)22(20)17-31(25)14-13-30-11-5-2-6-12-30/h1,3-4,7-10,16,24H,2,5-6,11-15,17-18H2,(H,27,29)(H,28,33). The van der Waals surface area contributed by atoms with Gasteiger partial charge in [-0.1, -0.05) is 42.8 Å². The van der Waals surface area contributed by atoms with E-state index in [9.17, 15) is 9.59 Å². The number of rotatable bonds is 6. The highest BCUT2D eigenvalue weighted by Gasteiger charge is 2.32. The van der Waals surface area contributed by atoms with Crippen molar-refractivity contribution in [2.24, 2.45) is 0 Å². The van der Waals surface area contributed by atoms with Crippen LogP contribution in [0.4, 0.5) is 4.79 Å². The SMILES string of the molecule is O=C(NC1Cc2ccc3[nH]ncc3c2CN(CCN2CCCCC2)C1=O)OCc1ccccc1. The third-order valence-corrected chi connectivity index (χ3v) is 6.86. The third-order valence-electron chi connectivity index (χ3n) is 6.86. The Morgan fingerprint density at radius 1 is 1.09 bits per heavy atom. The second-order valence-corrected chi connectivity index (χ2v) is 9.16. The number of fused-ring (bicyclic) bond motifs is 3. The summed E-state index contributed by atoms with van der Waals surface area (Å²) in [5.41, 5.74) is 4.01. The average molecular weight is 462 g/mol. The molecular formula is C26H31N5O3. The number of hydrogen-bond acceptors (Lipinski definition) is 5. The van der Waals surface area contributed by atoms with Gasteiger partial charge in [0.15, 0.2) is 0 Å². The highest BCUT2D eigenvalue weighted by atomic mass is 16.5. The fourth-order valence-electron chi connectivity index (χ4n) is 4.95. The van der Waals surface area contributed by atoms with Gasteiger partial charge in [-0.15, -0.1) is 0 Å². The molecule has 1 saturated heterocycles. The number of ether oxygens (including phenoxy) is 1. The van der Waals surface area contributed by atoms with Crippen LogP contribution in [0.15, 0.2) is 48.7 Å². The number of benzene rings is 2. The van der Waals surface area contributed by atoms with E-state index < -0.39 is 12.1 Å².